The van der Waals surface area contributed by atoms with E-state index in [1.165, 1.54) is 5.56 Å². The van der Waals surface area contributed by atoms with Crippen LogP contribution in [0.2, 0.25) is 0 Å². The molecule has 0 radical (unpaired) electrons. The van der Waals surface area contributed by atoms with Gasteiger partial charge in [-0.05, 0) is 30.2 Å². The Labute approximate surface area is 136 Å². The van der Waals surface area contributed by atoms with Crippen molar-refractivity contribution >= 4 is 34.7 Å². The highest BCUT2D eigenvalue weighted by Gasteiger charge is 2.08. The molecule has 0 spiro atoms. The van der Waals surface area contributed by atoms with Crippen molar-refractivity contribution in [1.82, 2.24) is 4.98 Å². The van der Waals surface area contributed by atoms with E-state index >= 15 is 0 Å². The van der Waals surface area contributed by atoms with Crippen molar-refractivity contribution in [2.24, 2.45) is 0 Å². The highest BCUT2D eigenvalue weighted by Crippen LogP contribution is 2.28. The van der Waals surface area contributed by atoms with E-state index in [2.05, 4.69) is 35.4 Å². The highest BCUT2D eigenvalue weighted by molar-refractivity contribution is 5.95. The number of fused-ring (bicyclic) bond motifs is 1. The van der Waals surface area contributed by atoms with Crippen molar-refractivity contribution < 1.29 is 0 Å². The molecule has 4 heteroatoms. The number of anilines is 2. The second kappa shape index (κ2) is 6.93. The van der Waals surface area contributed by atoms with Gasteiger partial charge in [0.2, 0.25) is 0 Å². The number of pyridine rings is 1. The van der Waals surface area contributed by atoms with Gasteiger partial charge in [0.15, 0.2) is 0 Å². The minimum atomic E-state index is 0. The molecule has 0 bridgehead atoms. The summed E-state index contributed by atoms with van der Waals surface area (Å²) in [6.45, 7) is 2.13. The zero-order chi connectivity index (χ0) is 14.7. The number of hydrogen-bond acceptors (Lipinski definition) is 3. The maximum atomic E-state index is 9.31. The van der Waals surface area contributed by atoms with Crippen LogP contribution in [0.3, 0.4) is 0 Å². The maximum Gasteiger partial charge on any atom is 0.103 e. The number of benzene rings is 2. The average Bonchev–Trinajstić information content (AvgIpc) is 2.56. The van der Waals surface area contributed by atoms with E-state index in [1.54, 1.807) is 6.20 Å². The van der Waals surface area contributed by atoms with Gasteiger partial charge < -0.3 is 5.32 Å². The van der Waals surface area contributed by atoms with E-state index in [0.29, 0.717) is 5.56 Å². The molecule has 3 aromatic rings. The van der Waals surface area contributed by atoms with Crippen LogP contribution in [0.1, 0.15) is 18.1 Å². The molecule has 0 atom stereocenters. The molecule has 0 fully saturated rings. The number of hydrogen-bond donors (Lipinski definition) is 1. The normalized spacial score (nSPS) is 9.82. The van der Waals surface area contributed by atoms with Crippen molar-refractivity contribution in [3.63, 3.8) is 0 Å². The van der Waals surface area contributed by atoms with Crippen molar-refractivity contribution in [3.05, 3.63) is 65.9 Å². The Hall–Kier alpha value is -2.57. The van der Waals surface area contributed by atoms with E-state index in [1.807, 2.05) is 36.4 Å². The van der Waals surface area contributed by atoms with Gasteiger partial charge in [0.25, 0.3) is 0 Å². The second-order valence-electron chi connectivity index (χ2n) is 4.85. The summed E-state index contributed by atoms with van der Waals surface area (Å²) in [4.78, 5) is 4.32. The zero-order valence-electron chi connectivity index (χ0n) is 12.2. The average molecular weight is 310 g/mol. The lowest BCUT2D eigenvalue weighted by atomic mass is 10.1. The van der Waals surface area contributed by atoms with Gasteiger partial charge in [-0.2, -0.15) is 5.26 Å². The molecular formula is C18H16ClN3. The molecule has 3 rings (SSSR count). The number of nitriles is 1. The van der Waals surface area contributed by atoms with Crippen LogP contribution < -0.4 is 5.32 Å². The van der Waals surface area contributed by atoms with Crippen LogP contribution in [-0.4, -0.2) is 4.98 Å². The van der Waals surface area contributed by atoms with Crippen LogP contribution in [0.25, 0.3) is 10.9 Å². The fraction of sp³-hybridized carbons (Fsp3) is 0.111. The lowest BCUT2D eigenvalue weighted by molar-refractivity contribution is 1.14. The smallest absolute Gasteiger partial charge is 0.103 e. The van der Waals surface area contributed by atoms with Crippen LogP contribution in [0.15, 0.2) is 54.7 Å². The van der Waals surface area contributed by atoms with E-state index in [9.17, 15) is 5.26 Å². The number of aromatic nitrogens is 1. The molecule has 0 unspecified atom stereocenters. The van der Waals surface area contributed by atoms with Crippen molar-refractivity contribution in [2.75, 3.05) is 5.32 Å². The van der Waals surface area contributed by atoms with Gasteiger partial charge in [-0.3, -0.25) is 4.98 Å². The summed E-state index contributed by atoms with van der Waals surface area (Å²) < 4.78 is 0. The Bertz CT molecular complexity index is 820. The largest absolute Gasteiger partial charge is 0.354 e. The lowest BCUT2D eigenvalue weighted by Gasteiger charge is -2.11. The zero-order valence-corrected chi connectivity index (χ0v) is 13.0. The quantitative estimate of drug-likeness (QED) is 0.753. The van der Waals surface area contributed by atoms with Gasteiger partial charge in [0.1, 0.15) is 6.07 Å². The number of nitrogens with one attached hydrogen (secondary N) is 1. The molecule has 2 aromatic carbocycles. The summed E-state index contributed by atoms with van der Waals surface area (Å²) in [7, 11) is 0. The van der Waals surface area contributed by atoms with Crippen LogP contribution in [0.4, 0.5) is 11.4 Å². The summed E-state index contributed by atoms with van der Waals surface area (Å²) in [6.07, 6.45) is 2.63. The minimum absolute atomic E-state index is 0. The van der Waals surface area contributed by atoms with Gasteiger partial charge in [-0.1, -0.05) is 37.3 Å². The third kappa shape index (κ3) is 3.03. The standard InChI is InChI=1S/C18H15N3.ClH/c1-2-13-7-9-15(10-8-13)21-18-14(11-19)12-20-17-6-4-3-5-16(17)18;/h3-10,12H,2H2,1H3,(H,20,21);1H. The summed E-state index contributed by atoms with van der Waals surface area (Å²) in [5, 5.41) is 13.6. The third-order valence-corrected chi connectivity index (χ3v) is 3.53. The summed E-state index contributed by atoms with van der Waals surface area (Å²) in [5.41, 5.74) is 4.51. The first-order valence-corrected chi connectivity index (χ1v) is 6.95. The molecule has 110 valence electrons. The molecule has 0 aliphatic carbocycles. The molecule has 0 aliphatic heterocycles. The van der Waals surface area contributed by atoms with Gasteiger partial charge in [0.05, 0.1) is 16.8 Å². The van der Waals surface area contributed by atoms with Gasteiger partial charge >= 0.3 is 0 Å². The van der Waals surface area contributed by atoms with Crippen molar-refractivity contribution in [2.45, 2.75) is 13.3 Å². The van der Waals surface area contributed by atoms with E-state index < -0.39 is 0 Å². The molecule has 3 nitrogen and oxygen atoms in total. The Balaban J connectivity index is 0.00000176. The maximum absolute atomic E-state index is 9.31. The van der Waals surface area contributed by atoms with Crippen LogP contribution in [0, 0.1) is 11.3 Å². The summed E-state index contributed by atoms with van der Waals surface area (Å²) in [5.74, 6) is 0. The SMILES string of the molecule is CCc1ccc(Nc2c(C#N)cnc3ccccc23)cc1.Cl. The predicted octanol–water partition coefficient (Wildman–Crippen LogP) is 4.83. The summed E-state index contributed by atoms with van der Waals surface area (Å²) >= 11 is 0. The van der Waals surface area contributed by atoms with Crippen LogP contribution in [-0.2, 0) is 6.42 Å². The molecule has 1 aromatic heterocycles. The van der Waals surface area contributed by atoms with Crippen molar-refractivity contribution in [1.29, 1.82) is 5.26 Å². The predicted molar refractivity (Wildman–Crippen MR) is 92.8 cm³/mol. The number of aryl methyl sites for hydroxylation is 1. The van der Waals surface area contributed by atoms with Crippen molar-refractivity contribution in [3.8, 4) is 6.07 Å². The first-order valence-electron chi connectivity index (χ1n) is 6.95. The fourth-order valence-electron chi connectivity index (χ4n) is 2.33. The van der Waals surface area contributed by atoms with E-state index in [-0.39, 0.29) is 12.4 Å². The molecule has 0 saturated heterocycles. The first-order chi connectivity index (χ1) is 10.3. The monoisotopic (exact) mass is 309 g/mol. The Morgan fingerprint density at radius 3 is 2.50 bits per heavy atom. The van der Waals surface area contributed by atoms with Gasteiger partial charge in [-0.25, -0.2) is 0 Å². The molecule has 0 amide bonds. The third-order valence-electron chi connectivity index (χ3n) is 3.53. The fourth-order valence-corrected chi connectivity index (χ4v) is 2.33. The molecule has 0 aliphatic rings. The Kier molecular flexibility index (Phi) is 4.98. The molecule has 1 heterocycles. The van der Waals surface area contributed by atoms with E-state index in [4.69, 9.17) is 0 Å². The first kappa shape index (κ1) is 15.8. The number of nitrogens with zero attached hydrogens (tertiary/aromatic N) is 2. The van der Waals surface area contributed by atoms with E-state index in [0.717, 1.165) is 28.7 Å². The molecular weight excluding hydrogens is 294 g/mol. The lowest BCUT2D eigenvalue weighted by Crippen LogP contribution is -1.96. The van der Waals surface area contributed by atoms with Crippen LogP contribution in [0.5, 0.6) is 0 Å². The molecule has 22 heavy (non-hydrogen) atoms. The van der Waals surface area contributed by atoms with Crippen LogP contribution >= 0.6 is 12.4 Å². The van der Waals surface area contributed by atoms with Gasteiger partial charge in [0, 0.05) is 17.3 Å². The number of para-hydroxylation sites is 1. The molecule has 1 N–H and O–H groups in total. The Morgan fingerprint density at radius 2 is 1.82 bits per heavy atom. The minimum Gasteiger partial charge on any atom is -0.354 e. The summed E-state index contributed by atoms with van der Waals surface area (Å²) in [6, 6.07) is 18.3. The number of halogens is 1. The van der Waals surface area contributed by atoms with Gasteiger partial charge in [-0.15, -0.1) is 12.4 Å². The second-order valence-corrected chi connectivity index (χ2v) is 4.85. The number of rotatable bonds is 3. The highest BCUT2D eigenvalue weighted by atomic mass is 35.5. The molecule has 0 saturated carbocycles. The Morgan fingerprint density at radius 1 is 1.09 bits per heavy atom. The topological polar surface area (TPSA) is 48.7 Å².